The van der Waals surface area contributed by atoms with Crippen LogP contribution < -0.4 is 0 Å². The molecule has 106 valence electrons. The van der Waals surface area contributed by atoms with Crippen molar-refractivity contribution < 1.29 is 40.3 Å². The fourth-order valence-electron chi connectivity index (χ4n) is 1.46. The van der Waals surface area contributed by atoms with Crippen molar-refractivity contribution in [3.8, 4) is 0 Å². The Bertz CT molecular complexity index is 250. The lowest BCUT2D eigenvalue weighted by Gasteiger charge is -2.09. The zero-order valence-electron chi connectivity index (χ0n) is 8.86. The normalized spacial score (nSPS) is 32.3. The van der Waals surface area contributed by atoms with Crippen LogP contribution in [0.2, 0.25) is 0 Å². The molecule has 12 heteroatoms. The maximum absolute atomic E-state index is 9.16. The molecule has 0 amide bonds. The highest BCUT2D eigenvalue weighted by Crippen LogP contribution is 2.26. The van der Waals surface area contributed by atoms with E-state index in [2.05, 4.69) is 0 Å². The summed E-state index contributed by atoms with van der Waals surface area (Å²) in [6.07, 6.45) is -1.70. The van der Waals surface area contributed by atoms with Crippen molar-refractivity contribution in [2.24, 2.45) is 0 Å². The van der Waals surface area contributed by atoms with Gasteiger partial charge in [0, 0.05) is 0 Å². The van der Waals surface area contributed by atoms with E-state index in [-0.39, 0.29) is 25.4 Å². The third kappa shape index (κ3) is 6.09. The zero-order chi connectivity index (χ0) is 14.3. The average Bonchev–Trinajstić information content (AvgIpc) is 2.70. The van der Waals surface area contributed by atoms with Gasteiger partial charge in [0.15, 0.2) is 0 Å². The van der Waals surface area contributed by atoms with E-state index in [1.807, 2.05) is 0 Å². The van der Waals surface area contributed by atoms with Gasteiger partial charge in [-0.15, -0.1) is 20.2 Å². The molecule has 0 aromatic carbocycles. The van der Waals surface area contributed by atoms with Crippen molar-refractivity contribution in [1.29, 1.82) is 0 Å². The molecule has 2 fully saturated rings. The summed E-state index contributed by atoms with van der Waals surface area (Å²) < 4.78 is 10.2. The van der Waals surface area contributed by atoms with Gasteiger partial charge in [-0.3, -0.25) is 0 Å². The molecule has 12 nitrogen and oxygen atoms in total. The molecule has 2 aliphatic rings. The first-order valence-corrected chi connectivity index (χ1v) is 4.51. The van der Waals surface area contributed by atoms with Gasteiger partial charge in [0.05, 0.1) is 13.2 Å². The molecular formula is C6H12N2O10. The van der Waals surface area contributed by atoms with Crippen LogP contribution in [0.3, 0.4) is 0 Å². The van der Waals surface area contributed by atoms with E-state index in [0.29, 0.717) is 0 Å². The molecule has 0 aromatic rings. The van der Waals surface area contributed by atoms with Crippen LogP contribution in [0.5, 0.6) is 0 Å². The number of hydrogen-bond donors (Lipinski definition) is 4. The van der Waals surface area contributed by atoms with Gasteiger partial charge in [0.1, 0.15) is 24.4 Å². The third-order valence-electron chi connectivity index (χ3n) is 2.00. The van der Waals surface area contributed by atoms with Crippen LogP contribution in [-0.4, -0.2) is 68.4 Å². The Morgan fingerprint density at radius 3 is 1.33 bits per heavy atom. The standard InChI is InChI=1S/C6H10O4.2HNO3/c7-3-1-9-6-4(8)2-10-5(3)6;2*2-1(3)4/h3-8H,1-2H2;2*(H,2,3,4)/t3-,4+,5-,6+;;. The number of nitrogens with zero attached hydrogens (tertiary/aromatic N) is 2. The Labute approximate surface area is 99.2 Å². The molecule has 2 heterocycles. The monoisotopic (exact) mass is 272 g/mol. The molecule has 18 heavy (non-hydrogen) atoms. The lowest BCUT2D eigenvalue weighted by Crippen LogP contribution is -2.30. The van der Waals surface area contributed by atoms with E-state index in [0.717, 1.165) is 0 Å². The lowest BCUT2D eigenvalue weighted by atomic mass is 10.1. The molecule has 0 saturated carbocycles. The molecule has 2 saturated heterocycles. The molecule has 0 spiro atoms. The van der Waals surface area contributed by atoms with Crippen LogP contribution in [0, 0.1) is 20.2 Å². The van der Waals surface area contributed by atoms with Gasteiger partial charge in [-0.25, -0.2) is 0 Å². The molecule has 2 aliphatic heterocycles. The first kappa shape index (κ1) is 16.2. The van der Waals surface area contributed by atoms with E-state index in [1.54, 1.807) is 0 Å². The highest BCUT2D eigenvalue weighted by atomic mass is 16.9. The third-order valence-corrected chi connectivity index (χ3v) is 2.00. The van der Waals surface area contributed by atoms with Crippen molar-refractivity contribution in [2.75, 3.05) is 13.2 Å². The van der Waals surface area contributed by atoms with Crippen molar-refractivity contribution in [3.05, 3.63) is 20.2 Å². The Morgan fingerprint density at radius 1 is 0.889 bits per heavy atom. The number of aliphatic hydroxyl groups excluding tert-OH is 2. The predicted octanol–water partition coefficient (Wildman–Crippen LogP) is -2.19. The van der Waals surface area contributed by atoms with Crippen molar-refractivity contribution in [1.82, 2.24) is 0 Å². The Hall–Kier alpha value is -1.76. The quantitative estimate of drug-likeness (QED) is 0.278. The summed E-state index contributed by atoms with van der Waals surface area (Å²) in [4.78, 5) is 16.7. The van der Waals surface area contributed by atoms with Crippen molar-refractivity contribution in [2.45, 2.75) is 24.4 Å². The number of fused-ring (bicyclic) bond motifs is 1. The first-order chi connectivity index (χ1) is 8.25. The van der Waals surface area contributed by atoms with Crippen LogP contribution in [0.25, 0.3) is 0 Å². The van der Waals surface area contributed by atoms with Gasteiger partial charge >= 0.3 is 0 Å². The molecule has 2 rings (SSSR count). The summed E-state index contributed by atoms with van der Waals surface area (Å²) in [5.74, 6) is 0. The summed E-state index contributed by atoms with van der Waals surface area (Å²) in [6.45, 7) is 0.568. The van der Waals surface area contributed by atoms with Gasteiger partial charge < -0.3 is 30.1 Å². The van der Waals surface area contributed by atoms with E-state index < -0.39 is 22.4 Å². The minimum Gasteiger partial charge on any atom is -0.388 e. The number of hydrogen-bond acceptors (Lipinski definition) is 8. The largest absolute Gasteiger partial charge is 0.388 e. The average molecular weight is 272 g/mol. The summed E-state index contributed by atoms with van der Waals surface area (Å²) in [5.41, 5.74) is 0. The van der Waals surface area contributed by atoms with Crippen LogP contribution in [0.1, 0.15) is 0 Å². The van der Waals surface area contributed by atoms with Gasteiger partial charge in [-0.05, 0) is 0 Å². The number of rotatable bonds is 0. The molecule has 0 radical (unpaired) electrons. The molecule has 0 unspecified atom stereocenters. The molecular weight excluding hydrogens is 260 g/mol. The van der Waals surface area contributed by atoms with E-state index in [4.69, 9.17) is 50.3 Å². The highest BCUT2D eigenvalue weighted by molar-refractivity contribution is 4.93. The molecule has 0 aromatic heterocycles. The van der Waals surface area contributed by atoms with E-state index in [9.17, 15) is 0 Å². The number of aliphatic hydroxyl groups is 2. The molecule has 0 aliphatic carbocycles. The lowest BCUT2D eigenvalue weighted by molar-refractivity contribution is -0.742. The van der Waals surface area contributed by atoms with Gasteiger partial charge in [-0.1, -0.05) is 0 Å². The van der Waals surface area contributed by atoms with Crippen LogP contribution in [0.4, 0.5) is 0 Å². The van der Waals surface area contributed by atoms with Gasteiger partial charge in [-0.2, -0.15) is 0 Å². The summed E-state index contributed by atoms with van der Waals surface area (Å²) in [7, 11) is 0. The Morgan fingerprint density at radius 2 is 1.11 bits per heavy atom. The fourth-order valence-corrected chi connectivity index (χ4v) is 1.46. The van der Waals surface area contributed by atoms with Crippen LogP contribution in [0.15, 0.2) is 0 Å². The summed E-state index contributed by atoms with van der Waals surface area (Å²) >= 11 is 0. The molecule has 4 N–H and O–H groups in total. The predicted molar refractivity (Wildman–Crippen MR) is 49.1 cm³/mol. The second-order valence-electron chi connectivity index (χ2n) is 3.21. The minimum absolute atomic E-state index is 0.284. The highest BCUT2D eigenvalue weighted by Gasteiger charge is 2.46. The van der Waals surface area contributed by atoms with Gasteiger partial charge in [0.25, 0.3) is 10.2 Å². The zero-order valence-corrected chi connectivity index (χ0v) is 8.86. The Balaban J connectivity index is 0.000000307. The molecule has 0 bridgehead atoms. The van der Waals surface area contributed by atoms with Crippen LogP contribution >= 0.6 is 0 Å². The SMILES string of the molecule is O=[N+]([O-])O.O=[N+]([O-])O.O[C@@H]1CO[C@@H]2[C@@H]1OC[C@@H]2O. The van der Waals surface area contributed by atoms with E-state index in [1.165, 1.54) is 0 Å². The second-order valence-corrected chi connectivity index (χ2v) is 3.21. The minimum atomic E-state index is -1.50. The number of ether oxygens (including phenoxy) is 2. The van der Waals surface area contributed by atoms with Crippen molar-refractivity contribution >= 4 is 0 Å². The summed E-state index contributed by atoms with van der Waals surface area (Å²) in [6, 6.07) is 0. The van der Waals surface area contributed by atoms with Crippen molar-refractivity contribution in [3.63, 3.8) is 0 Å². The smallest absolute Gasteiger partial charge is 0.291 e. The molecule has 4 atom stereocenters. The first-order valence-electron chi connectivity index (χ1n) is 4.51. The summed E-state index contributed by atoms with van der Waals surface area (Å²) in [5, 5.41) is 45.6. The second kappa shape index (κ2) is 7.54. The van der Waals surface area contributed by atoms with E-state index >= 15 is 0 Å². The van der Waals surface area contributed by atoms with Gasteiger partial charge in [0.2, 0.25) is 0 Å². The fraction of sp³-hybridized carbons (Fsp3) is 1.00. The topological polar surface area (TPSA) is 186 Å². The Kier molecular flexibility index (Phi) is 6.81. The maximum Gasteiger partial charge on any atom is 0.291 e. The maximum atomic E-state index is 9.16. The van der Waals surface area contributed by atoms with Crippen LogP contribution in [-0.2, 0) is 9.47 Å².